The number of primary amides is 1. The van der Waals surface area contributed by atoms with E-state index in [-0.39, 0.29) is 5.95 Å². The number of aromatic nitrogens is 2. The van der Waals surface area contributed by atoms with Crippen LogP contribution in [-0.2, 0) is 6.54 Å². The molecule has 0 aliphatic heterocycles. The SMILES string of the molecule is NC(=O)c1ccc(-c2cc(NCc3ccccc3)nc(N)n2)cc1. The van der Waals surface area contributed by atoms with Crippen molar-refractivity contribution in [2.45, 2.75) is 6.54 Å². The van der Waals surface area contributed by atoms with Crippen LogP contribution in [0.5, 0.6) is 0 Å². The lowest BCUT2D eigenvalue weighted by Gasteiger charge is -2.09. The van der Waals surface area contributed by atoms with Crippen molar-refractivity contribution in [2.75, 3.05) is 11.1 Å². The summed E-state index contributed by atoms with van der Waals surface area (Å²) in [7, 11) is 0. The summed E-state index contributed by atoms with van der Waals surface area (Å²) in [6, 6.07) is 18.7. The Kier molecular flexibility index (Phi) is 4.38. The van der Waals surface area contributed by atoms with Crippen LogP contribution in [0.1, 0.15) is 15.9 Å². The van der Waals surface area contributed by atoms with Crippen LogP contribution >= 0.6 is 0 Å². The number of nitrogens with two attached hydrogens (primary N) is 2. The van der Waals surface area contributed by atoms with Gasteiger partial charge in [0.2, 0.25) is 11.9 Å². The van der Waals surface area contributed by atoms with E-state index in [0.29, 0.717) is 23.6 Å². The second kappa shape index (κ2) is 6.78. The lowest BCUT2D eigenvalue weighted by Crippen LogP contribution is -2.10. The molecule has 3 aromatic rings. The zero-order valence-electron chi connectivity index (χ0n) is 12.9. The Morgan fingerprint density at radius 3 is 2.38 bits per heavy atom. The van der Waals surface area contributed by atoms with Gasteiger partial charge in [0, 0.05) is 23.7 Å². The molecule has 0 unspecified atom stereocenters. The fraction of sp³-hybridized carbons (Fsp3) is 0.0556. The van der Waals surface area contributed by atoms with E-state index < -0.39 is 5.91 Å². The highest BCUT2D eigenvalue weighted by atomic mass is 16.1. The minimum atomic E-state index is -0.464. The third-order valence-corrected chi connectivity index (χ3v) is 3.53. The summed E-state index contributed by atoms with van der Waals surface area (Å²) < 4.78 is 0. The number of hydrogen-bond acceptors (Lipinski definition) is 5. The summed E-state index contributed by atoms with van der Waals surface area (Å²) in [5.74, 6) is 0.358. The standard InChI is InChI=1S/C18H17N5O/c19-17(24)14-8-6-13(7-9-14)15-10-16(23-18(20)22-15)21-11-12-4-2-1-3-5-12/h1-10H,11H2,(H2,19,24)(H3,20,21,22,23). The van der Waals surface area contributed by atoms with Crippen LogP contribution in [0.4, 0.5) is 11.8 Å². The van der Waals surface area contributed by atoms with Gasteiger partial charge in [-0.3, -0.25) is 4.79 Å². The Morgan fingerprint density at radius 2 is 1.71 bits per heavy atom. The third-order valence-electron chi connectivity index (χ3n) is 3.53. The third kappa shape index (κ3) is 3.67. The van der Waals surface area contributed by atoms with E-state index in [2.05, 4.69) is 15.3 Å². The normalized spacial score (nSPS) is 10.3. The average molecular weight is 319 g/mol. The molecule has 0 aliphatic carbocycles. The molecule has 2 aromatic carbocycles. The molecule has 0 radical (unpaired) electrons. The largest absolute Gasteiger partial charge is 0.368 e. The van der Waals surface area contributed by atoms with Gasteiger partial charge >= 0.3 is 0 Å². The minimum Gasteiger partial charge on any atom is -0.368 e. The van der Waals surface area contributed by atoms with Crippen molar-refractivity contribution >= 4 is 17.7 Å². The number of benzene rings is 2. The second-order valence-corrected chi connectivity index (χ2v) is 5.28. The van der Waals surface area contributed by atoms with E-state index in [1.807, 2.05) is 36.4 Å². The highest BCUT2D eigenvalue weighted by molar-refractivity contribution is 5.93. The Labute approximate surface area is 139 Å². The molecule has 120 valence electrons. The lowest BCUT2D eigenvalue weighted by molar-refractivity contribution is 0.100. The smallest absolute Gasteiger partial charge is 0.248 e. The van der Waals surface area contributed by atoms with Gasteiger partial charge < -0.3 is 16.8 Å². The minimum absolute atomic E-state index is 0.182. The number of amides is 1. The molecule has 0 aliphatic rings. The average Bonchev–Trinajstić information content (AvgIpc) is 2.60. The van der Waals surface area contributed by atoms with Crippen LogP contribution in [0.25, 0.3) is 11.3 Å². The van der Waals surface area contributed by atoms with Crippen LogP contribution in [-0.4, -0.2) is 15.9 Å². The summed E-state index contributed by atoms with van der Waals surface area (Å²) >= 11 is 0. The highest BCUT2D eigenvalue weighted by Crippen LogP contribution is 2.21. The molecule has 0 atom stereocenters. The van der Waals surface area contributed by atoms with Gasteiger partial charge in [-0.15, -0.1) is 0 Å². The molecule has 0 saturated carbocycles. The van der Waals surface area contributed by atoms with Crippen molar-refractivity contribution in [3.05, 3.63) is 71.8 Å². The summed E-state index contributed by atoms with van der Waals surface area (Å²) in [6.45, 7) is 0.636. The second-order valence-electron chi connectivity index (χ2n) is 5.28. The van der Waals surface area contributed by atoms with E-state index in [4.69, 9.17) is 11.5 Å². The number of hydrogen-bond donors (Lipinski definition) is 3. The maximum absolute atomic E-state index is 11.1. The molecule has 1 amide bonds. The number of rotatable bonds is 5. The molecule has 5 N–H and O–H groups in total. The topological polar surface area (TPSA) is 107 Å². The zero-order valence-corrected chi connectivity index (χ0v) is 12.9. The Morgan fingerprint density at radius 1 is 1.00 bits per heavy atom. The number of nitrogens with zero attached hydrogens (tertiary/aromatic N) is 2. The predicted octanol–water partition coefficient (Wildman–Crippen LogP) is 2.44. The van der Waals surface area contributed by atoms with Crippen molar-refractivity contribution in [1.82, 2.24) is 9.97 Å². The predicted molar refractivity (Wildman–Crippen MR) is 94.2 cm³/mol. The van der Waals surface area contributed by atoms with Crippen molar-refractivity contribution in [3.63, 3.8) is 0 Å². The first-order chi connectivity index (χ1) is 11.6. The van der Waals surface area contributed by atoms with Crippen molar-refractivity contribution < 1.29 is 4.79 Å². The van der Waals surface area contributed by atoms with E-state index in [1.165, 1.54) is 0 Å². The maximum Gasteiger partial charge on any atom is 0.248 e. The molecule has 24 heavy (non-hydrogen) atoms. The van der Waals surface area contributed by atoms with Gasteiger partial charge in [-0.1, -0.05) is 42.5 Å². The maximum atomic E-state index is 11.1. The zero-order chi connectivity index (χ0) is 16.9. The van der Waals surface area contributed by atoms with Crippen LogP contribution in [0, 0.1) is 0 Å². The molecule has 6 nitrogen and oxygen atoms in total. The van der Waals surface area contributed by atoms with E-state index in [9.17, 15) is 4.79 Å². The van der Waals surface area contributed by atoms with Gasteiger partial charge in [-0.2, -0.15) is 4.98 Å². The summed E-state index contributed by atoms with van der Waals surface area (Å²) in [6.07, 6.45) is 0. The molecular formula is C18H17N5O. The fourth-order valence-corrected chi connectivity index (χ4v) is 2.30. The summed E-state index contributed by atoms with van der Waals surface area (Å²) in [5.41, 5.74) is 14.2. The van der Waals surface area contributed by atoms with Gasteiger partial charge in [0.05, 0.1) is 5.69 Å². The Bertz CT molecular complexity index is 847. The number of anilines is 2. The molecule has 1 heterocycles. The number of carbonyl (C=O) groups excluding carboxylic acids is 1. The van der Waals surface area contributed by atoms with Crippen LogP contribution < -0.4 is 16.8 Å². The highest BCUT2D eigenvalue weighted by Gasteiger charge is 2.06. The number of nitrogen functional groups attached to an aromatic ring is 1. The van der Waals surface area contributed by atoms with Gasteiger partial charge in [0.15, 0.2) is 0 Å². The van der Waals surface area contributed by atoms with E-state index >= 15 is 0 Å². The molecule has 0 bridgehead atoms. The number of carbonyl (C=O) groups is 1. The van der Waals surface area contributed by atoms with Crippen LogP contribution in [0.3, 0.4) is 0 Å². The Hall–Kier alpha value is -3.41. The summed E-state index contributed by atoms with van der Waals surface area (Å²) in [4.78, 5) is 19.6. The van der Waals surface area contributed by atoms with E-state index in [0.717, 1.165) is 11.1 Å². The van der Waals surface area contributed by atoms with Crippen molar-refractivity contribution in [1.29, 1.82) is 0 Å². The monoisotopic (exact) mass is 319 g/mol. The van der Waals surface area contributed by atoms with Crippen molar-refractivity contribution in [2.24, 2.45) is 5.73 Å². The quantitative estimate of drug-likeness (QED) is 0.669. The molecule has 1 aromatic heterocycles. The molecular weight excluding hydrogens is 302 g/mol. The van der Waals surface area contributed by atoms with Crippen LogP contribution in [0.2, 0.25) is 0 Å². The Balaban J connectivity index is 1.82. The van der Waals surface area contributed by atoms with Crippen molar-refractivity contribution in [3.8, 4) is 11.3 Å². The first-order valence-corrected chi connectivity index (χ1v) is 7.44. The molecule has 0 spiro atoms. The van der Waals surface area contributed by atoms with Crippen LogP contribution in [0.15, 0.2) is 60.7 Å². The first kappa shape index (κ1) is 15.5. The molecule has 0 saturated heterocycles. The van der Waals surface area contributed by atoms with Gasteiger partial charge in [-0.25, -0.2) is 4.98 Å². The molecule has 0 fully saturated rings. The number of nitrogens with one attached hydrogen (secondary N) is 1. The van der Waals surface area contributed by atoms with Gasteiger partial charge in [-0.05, 0) is 17.7 Å². The van der Waals surface area contributed by atoms with Gasteiger partial charge in [0.1, 0.15) is 5.82 Å². The molecule has 3 rings (SSSR count). The van der Waals surface area contributed by atoms with Gasteiger partial charge in [0.25, 0.3) is 0 Å². The fourth-order valence-electron chi connectivity index (χ4n) is 2.30. The first-order valence-electron chi connectivity index (χ1n) is 7.44. The lowest BCUT2D eigenvalue weighted by atomic mass is 10.1. The van der Waals surface area contributed by atoms with E-state index in [1.54, 1.807) is 24.3 Å². The summed E-state index contributed by atoms with van der Waals surface area (Å²) in [5, 5.41) is 3.24. The molecule has 6 heteroatoms.